The predicted molar refractivity (Wildman–Crippen MR) is 60.8 cm³/mol. The van der Waals surface area contributed by atoms with E-state index in [0.29, 0.717) is 5.82 Å². The highest BCUT2D eigenvalue weighted by Crippen LogP contribution is 2.30. The Labute approximate surface area is 90.1 Å². The summed E-state index contributed by atoms with van der Waals surface area (Å²) in [6.45, 7) is 6.17. The number of rotatable bonds is 0. The Hall–Kier alpha value is -1.64. The van der Waals surface area contributed by atoms with Crippen molar-refractivity contribution >= 4 is 6.08 Å². The van der Waals surface area contributed by atoms with Gasteiger partial charge in [0.2, 0.25) is 0 Å². The first-order valence-corrected chi connectivity index (χ1v) is 5.03. The van der Waals surface area contributed by atoms with E-state index in [4.69, 9.17) is 10.6 Å². The van der Waals surface area contributed by atoms with Crippen LogP contribution < -0.4 is 10.6 Å². The number of nitrogens with two attached hydrogens (primary N) is 1. The maximum Gasteiger partial charge on any atom is 0.162 e. The average molecular weight is 204 g/mol. The summed E-state index contributed by atoms with van der Waals surface area (Å²) < 4.78 is 0. The van der Waals surface area contributed by atoms with Gasteiger partial charge in [-0.2, -0.15) is 5.06 Å². The first-order valence-electron chi connectivity index (χ1n) is 5.03. The zero-order valence-corrected chi connectivity index (χ0v) is 9.32. The Morgan fingerprint density at radius 2 is 1.87 bits per heavy atom. The van der Waals surface area contributed by atoms with E-state index in [0.717, 1.165) is 11.3 Å². The number of para-hydroxylation sites is 1. The van der Waals surface area contributed by atoms with Gasteiger partial charge in [-0.1, -0.05) is 18.2 Å². The van der Waals surface area contributed by atoms with Crippen molar-refractivity contribution in [1.82, 2.24) is 5.06 Å². The van der Waals surface area contributed by atoms with Crippen LogP contribution in [0, 0.1) is 0 Å². The number of hydrogen-bond acceptors (Lipinski definition) is 3. The maximum atomic E-state index is 5.94. The summed E-state index contributed by atoms with van der Waals surface area (Å²) in [5.41, 5.74) is 6.82. The quantitative estimate of drug-likeness (QED) is 0.705. The molecule has 0 atom stereocenters. The fourth-order valence-electron chi connectivity index (χ4n) is 1.58. The van der Waals surface area contributed by atoms with Crippen LogP contribution in [0.2, 0.25) is 0 Å². The van der Waals surface area contributed by atoms with E-state index in [-0.39, 0.29) is 5.54 Å². The van der Waals surface area contributed by atoms with Crippen molar-refractivity contribution in [1.29, 1.82) is 0 Å². The molecular formula is C12H16N2O. The highest BCUT2D eigenvalue weighted by Gasteiger charge is 2.28. The van der Waals surface area contributed by atoms with Crippen molar-refractivity contribution in [2.24, 2.45) is 5.73 Å². The summed E-state index contributed by atoms with van der Waals surface area (Å²) in [4.78, 5) is 5.75. The molecule has 1 heterocycles. The van der Waals surface area contributed by atoms with Crippen molar-refractivity contribution in [3.63, 3.8) is 0 Å². The van der Waals surface area contributed by atoms with E-state index in [9.17, 15) is 0 Å². The number of hydroxylamine groups is 2. The molecule has 1 aliphatic rings. The van der Waals surface area contributed by atoms with E-state index in [1.54, 1.807) is 5.06 Å². The van der Waals surface area contributed by atoms with Gasteiger partial charge < -0.3 is 10.6 Å². The number of fused-ring (bicyclic) bond motifs is 1. The lowest BCUT2D eigenvalue weighted by Gasteiger charge is -2.38. The molecule has 2 N–H and O–H groups in total. The average Bonchev–Trinajstić information content (AvgIpc) is 2.15. The van der Waals surface area contributed by atoms with E-state index in [1.165, 1.54) is 0 Å². The lowest BCUT2D eigenvalue weighted by molar-refractivity contribution is -0.0958. The first-order chi connectivity index (χ1) is 6.98. The molecule has 2 rings (SSSR count). The van der Waals surface area contributed by atoms with Crippen LogP contribution >= 0.6 is 0 Å². The lowest BCUT2D eigenvalue weighted by atomic mass is 10.1. The highest BCUT2D eigenvalue weighted by atomic mass is 16.7. The van der Waals surface area contributed by atoms with Crippen LogP contribution in [0.15, 0.2) is 30.1 Å². The normalized spacial score (nSPS) is 15.4. The largest absolute Gasteiger partial charge is 0.383 e. The molecule has 0 bridgehead atoms. The molecule has 0 saturated carbocycles. The van der Waals surface area contributed by atoms with E-state index in [2.05, 4.69) is 20.8 Å². The minimum Gasteiger partial charge on any atom is -0.383 e. The van der Waals surface area contributed by atoms with Crippen molar-refractivity contribution < 1.29 is 4.84 Å². The molecule has 0 spiro atoms. The molecule has 0 radical (unpaired) electrons. The standard InChI is InChI=1S/C12H16N2O/c1-12(2,3)14-11(13)8-9-6-4-5-7-10(9)15-14/h4-8H,13H2,1-3H3. The second-order valence-corrected chi connectivity index (χ2v) is 4.66. The van der Waals surface area contributed by atoms with Crippen LogP contribution in [0.4, 0.5) is 0 Å². The maximum absolute atomic E-state index is 5.94. The third-order valence-corrected chi connectivity index (χ3v) is 2.26. The molecule has 0 unspecified atom stereocenters. The molecule has 15 heavy (non-hydrogen) atoms. The van der Waals surface area contributed by atoms with E-state index >= 15 is 0 Å². The van der Waals surface area contributed by atoms with Crippen molar-refractivity contribution in [3.8, 4) is 5.75 Å². The van der Waals surface area contributed by atoms with Crippen molar-refractivity contribution in [2.45, 2.75) is 26.3 Å². The fraction of sp³-hybridized carbons (Fsp3) is 0.333. The Morgan fingerprint density at radius 3 is 2.53 bits per heavy atom. The van der Waals surface area contributed by atoms with Crippen molar-refractivity contribution in [2.75, 3.05) is 0 Å². The summed E-state index contributed by atoms with van der Waals surface area (Å²) in [7, 11) is 0. The molecule has 3 heteroatoms. The zero-order valence-electron chi connectivity index (χ0n) is 9.32. The zero-order chi connectivity index (χ0) is 11.1. The third-order valence-electron chi connectivity index (χ3n) is 2.26. The van der Waals surface area contributed by atoms with Gasteiger partial charge >= 0.3 is 0 Å². The molecule has 80 valence electrons. The molecule has 0 fully saturated rings. The van der Waals surface area contributed by atoms with Gasteiger partial charge in [0.1, 0.15) is 5.82 Å². The first kappa shape index (κ1) is 9.90. The number of benzene rings is 1. The number of hydrogen-bond donors (Lipinski definition) is 1. The molecule has 0 aliphatic carbocycles. The summed E-state index contributed by atoms with van der Waals surface area (Å²) in [5.74, 6) is 1.49. The Morgan fingerprint density at radius 1 is 1.20 bits per heavy atom. The van der Waals surface area contributed by atoms with E-state index in [1.807, 2.05) is 30.3 Å². The summed E-state index contributed by atoms with van der Waals surface area (Å²) in [5, 5.41) is 1.73. The minimum absolute atomic E-state index is 0.145. The molecule has 1 aliphatic heterocycles. The predicted octanol–water partition coefficient (Wildman–Crippen LogP) is 2.35. The monoisotopic (exact) mass is 204 g/mol. The van der Waals surface area contributed by atoms with E-state index < -0.39 is 0 Å². The van der Waals surface area contributed by atoms with Crippen LogP contribution in [-0.2, 0) is 0 Å². The van der Waals surface area contributed by atoms with Gasteiger partial charge in [-0.3, -0.25) is 0 Å². The van der Waals surface area contributed by atoms with Crippen LogP contribution in [0.3, 0.4) is 0 Å². The Kier molecular flexibility index (Phi) is 2.11. The fourth-order valence-corrected chi connectivity index (χ4v) is 1.58. The number of nitrogens with zero attached hydrogens (tertiary/aromatic N) is 1. The Balaban J connectivity index is 2.41. The van der Waals surface area contributed by atoms with Crippen LogP contribution in [0.1, 0.15) is 26.3 Å². The summed E-state index contributed by atoms with van der Waals surface area (Å²) >= 11 is 0. The molecule has 0 saturated heterocycles. The highest BCUT2D eigenvalue weighted by molar-refractivity contribution is 5.60. The SMILES string of the molecule is CC(C)(C)N1Oc2ccccc2C=C1N. The van der Waals surface area contributed by atoms with Gasteiger partial charge in [-0.15, -0.1) is 0 Å². The van der Waals surface area contributed by atoms with Gasteiger partial charge in [0.05, 0.1) is 5.54 Å². The smallest absolute Gasteiger partial charge is 0.162 e. The second-order valence-electron chi connectivity index (χ2n) is 4.66. The minimum atomic E-state index is -0.145. The molecule has 3 nitrogen and oxygen atoms in total. The van der Waals surface area contributed by atoms with Gasteiger partial charge in [0, 0.05) is 5.56 Å². The van der Waals surface area contributed by atoms with Crippen molar-refractivity contribution in [3.05, 3.63) is 35.6 Å². The lowest BCUT2D eigenvalue weighted by Crippen LogP contribution is -2.46. The van der Waals surface area contributed by atoms with Gasteiger partial charge in [-0.05, 0) is 32.9 Å². The van der Waals surface area contributed by atoms with Gasteiger partial charge in [-0.25, -0.2) is 0 Å². The molecule has 1 aromatic rings. The molecule has 1 aromatic carbocycles. The summed E-state index contributed by atoms with van der Waals surface area (Å²) in [6.07, 6.45) is 1.93. The second kappa shape index (κ2) is 3.19. The molecular weight excluding hydrogens is 188 g/mol. The van der Waals surface area contributed by atoms with Gasteiger partial charge in [0.25, 0.3) is 0 Å². The summed E-state index contributed by atoms with van der Waals surface area (Å²) in [6, 6.07) is 7.85. The Bertz CT molecular complexity index is 404. The van der Waals surface area contributed by atoms with Crippen LogP contribution in [0.5, 0.6) is 5.75 Å². The molecule has 0 aromatic heterocycles. The van der Waals surface area contributed by atoms with Gasteiger partial charge in [0.15, 0.2) is 5.75 Å². The third kappa shape index (κ3) is 1.77. The van der Waals surface area contributed by atoms with Crippen LogP contribution in [0.25, 0.3) is 6.08 Å². The topological polar surface area (TPSA) is 38.5 Å². The molecule has 0 amide bonds. The van der Waals surface area contributed by atoms with Crippen LogP contribution in [-0.4, -0.2) is 10.6 Å².